The molecule has 1 heterocycles. The van der Waals surface area contributed by atoms with E-state index in [1.165, 1.54) is 38.5 Å². The molecule has 4 aromatic rings. The number of fused-ring (bicyclic) bond motifs is 1. The fourth-order valence-corrected chi connectivity index (χ4v) is 3.83. The molecule has 1 N–H and O–H groups in total. The summed E-state index contributed by atoms with van der Waals surface area (Å²) >= 11 is 0. The standard InChI is InChI=1S/C29H26F3NO7/c1-17-4-7-19(8-5-17)39-27-26(35)21-10-9-20(15-23(21)40-28(27)29(30,31)32)38-16-25(34)33-13-12-18-6-11-22(36-2)24(14-18)37-3/h4-11,14-15H,12-13,16H2,1-3H3,(H,33,34). The Bertz CT molecular complexity index is 1560. The van der Waals surface area contributed by atoms with Gasteiger partial charge in [-0.1, -0.05) is 23.8 Å². The molecule has 4 rings (SSSR count). The van der Waals surface area contributed by atoms with Crippen molar-refractivity contribution in [3.8, 4) is 28.7 Å². The Hall–Kier alpha value is -4.67. The van der Waals surface area contributed by atoms with Crippen molar-refractivity contribution >= 4 is 16.9 Å². The number of hydrogen-bond donors (Lipinski definition) is 1. The molecule has 0 atom stereocenters. The number of rotatable bonds is 10. The van der Waals surface area contributed by atoms with Crippen molar-refractivity contribution in [1.82, 2.24) is 5.32 Å². The number of ether oxygens (including phenoxy) is 4. The Kier molecular flexibility index (Phi) is 8.52. The molecule has 11 heteroatoms. The zero-order valence-corrected chi connectivity index (χ0v) is 21.9. The second-order valence-electron chi connectivity index (χ2n) is 8.74. The highest BCUT2D eigenvalue weighted by Crippen LogP contribution is 2.38. The van der Waals surface area contributed by atoms with Crippen molar-refractivity contribution in [2.45, 2.75) is 19.5 Å². The van der Waals surface area contributed by atoms with Crippen LogP contribution in [0.15, 0.2) is 69.9 Å². The molecule has 0 saturated heterocycles. The van der Waals surface area contributed by atoms with E-state index in [-0.39, 0.29) is 22.5 Å². The summed E-state index contributed by atoms with van der Waals surface area (Å²) in [4.78, 5) is 25.2. The van der Waals surface area contributed by atoms with Crippen molar-refractivity contribution in [3.63, 3.8) is 0 Å². The number of halogens is 3. The molecule has 0 unspecified atom stereocenters. The third-order valence-electron chi connectivity index (χ3n) is 5.87. The Morgan fingerprint density at radius 1 is 0.925 bits per heavy atom. The lowest BCUT2D eigenvalue weighted by molar-refractivity contribution is -0.154. The van der Waals surface area contributed by atoms with Gasteiger partial charge in [0.15, 0.2) is 18.1 Å². The minimum atomic E-state index is -5.00. The maximum absolute atomic E-state index is 13.8. The molecular weight excluding hydrogens is 531 g/mol. The Morgan fingerprint density at radius 3 is 2.30 bits per heavy atom. The van der Waals surface area contributed by atoms with Crippen molar-refractivity contribution in [2.75, 3.05) is 27.4 Å². The molecule has 40 heavy (non-hydrogen) atoms. The lowest BCUT2D eigenvalue weighted by Gasteiger charge is -2.14. The first kappa shape index (κ1) is 28.3. The van der Waals surface area contributed by atoms with Crippen LogP contribution < -0.4 is 29.7 Å². The predicted octanol–water partition coefficient (Wildman–Crippen LogP) is 5.67. The number of carbonyl (C=O) groups excluding carboxylic acids is 1. The fraction of sp³-hybridized carbons (Fsp3) is 0.241. The zero-order valence-electron chi connectivity index (χ0n) is 21.9. The van der Waals surface area contributed by atoms with E-state index in [4.69, 9.17) is 23.4 Å². The Morgan fingerprint density at radius 2 is 1.62 bits per heavy atom. The van der Waals surface area contributed by atoms with Crippen molar-refractivity contribution < 1.29 is 41.3 Å². The molecule has 0 aliphatic rings. The van der Waals surface area contributed by atoms with E-state index in [1.807, 2.05) is 6.07 Å². The third-order valence-corrected chi connectivity index (χ3v) is 5.87. The van der Waals surface area contributed by atoms with Crippen LogP contribution in [0.2, 0.25) is 0 Å². The van der Waals surface area contributed by atoms with Crippen LogP contribution in [0.1, 0.15) is 16.9 Å². The van der Waals surface area contributed by atoms with Gasteiger partial charge in [0.25, 0.3) is 11.7 Å². The van der Waals surface area contributed by atoms with Gasteiger partial charge in [-0.2, -0.15) is 13.2 Å². The maximum Gasteiger partial charge on any atom is 0.453 e. The molecule has 8 nitrogen and oxygen atoms in total. The van der Waals surface area contributed by atoms with E-state index in [0.29, 0.717) is 24.5 Å². The first-order chi connectivity index (χ1) is 19.1. The highest BCUT2D eigenvalue weighted by Gasteiger charge is 2.40. The molecule has 0 saturated carbocycles. The number of amides is 1. The van der Waals surface area contributed by atoms with Crippen LogP contribution >= 0.6 is 0 Å². The van der Waals surface area contributed by atoms with Crippen LogP contribution in [0.25, 0.3) is 11.0 Å². The van der Waals surface area contributed by atoms with Gasteiger partial charge in [0.1, 0.15) is 17.1 Å². The summed E-state index contributed by atoms with van der Waals surface area (Å²) in [5, 5.41) is 2.56. The summed E-state index contributed by atoms with van der Waals surface area (Å²) in [6.07, 6.45) is -4.49. The van der Waals surface area contributed by atoms with E-state index in [9.17, 15) is 22.8 Å². The summed E-state index contributed by atoms with van der Waals surface area (Å²) in [7, 11) is 3.06. The molecular formula is C29H26F3NO7. The number of alkyl halides is 3. The number of nitrogens with one attached hydrogen (secondary N) is 1. The topological polar surface area (TPSA) is 96.2 Å². The minimum Gasteiger partial charge on any atom is -0.493 e. The number of hydrogen-bond acceptors (Lipinski definition) is 7. The lowest BCUT2D eigenvalue weighted by atomic mass is 10.1. The minimum absolute atomic E-state index is 0.0472. The van der Waals surface area contributed by atoms with Gasteiger partial charge >= 0.3 is 6.18 Å². The van der Waals surface area contributed by atoms with Gasteiger partial charge < -0.3 is 28.7 Å². The van der Waals surface area contributed by atoms with E-state index in [0.717, 1.165) is 17.2 Å². The number of methoxy groups -OCH3 is 2. The average Bonchev–Trinajstić information content (AvgIpc) is 2.93. The molecule has 0 spiro atoms. The number of benzene rings is 3. The van der Waals surface area contributed by atoms with Gasteiger partial charge in [-0.25, -0.2) is 0 Å². The highest BCUT2D eigenvalue weighted by atomic mass is 19.4. The smallest absolute Gasteiger partial charge is 0.453 e. The fourth-order valence-electron chi connectivity index (χ4n) is 3.83. The average molecular weight is 558 g/mol. The third kappa shape index (κ3) is 6.66. The van der Waals surface area contributed by atoms with E-state index in [1.54, 1.807) is 31.2 Å². The second-order valence-corrected chi connectivity index (χ2v) is 8.74. The van der Waals surface area contributed by atoms with Gasteiger partial charge in [-0.15, -0.1) is 0 Å². The Balaban J connectivity index is 1.44. The SMILES string of the molecule is COc1ccc(CCNC(=O)COc2ccc3c(=O)c(Oc4ccc(C)cc4)c(C(F)(F)F)oc3c2)cc1OC. The van der Waals surface area contributed by atoms with Crippen LogP contribution in [0, 0.1) is 6.92 Å². The first-order valence-electron chi connectivity index (χ1n) is 12.1. The first-order valence-corrected chi connectivity index (χ1v) is 12.1. The monoisotopic (exact) mass is 557 g/mol. The summed E-state index contributed by atoms with van der Waals surface area (Å²) in [5.41, 5.74) is 0.427. The molecule has 0 aliphatic carbocycles. The van der Waals surface area contributed by atoms with Gasteiger partial charge in [0.2, 0.25) is 11.2 Å². The summed E-state index contributed by atoms with van der Waals surface area (Å²) in [6.45, 7) is 1.71. The van der Waals surface area contributed by atoms with Gasteiger partial charge in [0, 0.05) is 12.6 Å². The largest absolute Gasteiger partial charge is 0.493 e. The van der Waals surface area contributed by atoms with Crippen LogP contribution in [0.4, 0.5) is 13.2 Å². The van der Waals surface area contributed by atoms with Gasteiger partial charge in [-0.05, 0) is 55.3 Å². The van der Waals surface area contributed by atoms with E-state index < -0.39 is 35.6 Å². The maximum atomic E-state index is 13.8. The Labute approximate surface area is 227 Å². The molecule has 0 fully saturated rings. The van der Waals surface area contributed by atoms with Gasteiger partial charge in [-0.3, -0.25) is 9.59 Å². The molecule has 210 valence electrons. The van der Waals surface area contributed by atoms with Crippen LogP contribution in [0.3, 0.4) is 0 Å². The summed E-state index contributed by atoms with van der Waals surface area (Å²) in [5.74, 6) is -1.72. The molecule has 0 bridgehead atoms. The summed E-state index contributed by atoms with van der Waals surface area (Å²) < 4.78 is 67.6. The highest BCUT2D eigenvalue weighted by molar-refractivity contribution is 5.80. The zero-order chi connectivity index (χ0) is 28.9. The predicted molar refractivity (Wildman–Crippen MR) is 140 cm³/mol. The van der Waals surface area contributed by atoms with Crippen molar-refractivity contribution in [2.24, 2.45) is 0 Å². The molecule has 0 radical (unpaired) electrons. The number of carbonyl (C=O) groups is 1. The van der Waals surface area contributed by atoms with E-state index in [2.05, 4.69) is 5.32 Å². The lowest BCUT2D eigenvalue weighted by Crippen LogP contribution is -2.30. The molecule has 1 amide bonds. The van der Waals surface area contributed by atoms with Crippen LogP contribution in [-0.4, -0.2) is 33.3 Å². The summed E-state index contributed by atoms with van der Waals surface area (Å²) in [6, 6.07) is 15.3. The van der Waals surface area contributed by atoms with E-state index >= 15 is 0 Å². The number of aryl methyl sites for hydroxylation is 1. The quantitative estimate of drug-likeness (QED) is 0.269. The van der Waals surface area contributed by atoms with Crippen LogP contribution in [-0.2, 0) is 17.4 Å². The molecule has 3 aromatic carbocycles. The molecule has 1 aromatic heterocycles. The van der Waals surface area contributed by atoms with Crippen molar-refractivity contribution in [3.05, 3.63) is 87.8 Å². The normalized spacial score (nSPS) is 11.2. The van der Waals surface area contributed by atoms with Crippen LogP contribution in [0.5, 0.6) is 28.7 Å². The van der Waals surface area contributed by atoms with Crippen molar-refractivity contribution in [1.29, 1.82) is 0 Å². The second kappa shape index (κ2) is 12.0. The van der Waals surface area contributed by atoms with Gasteiger partial charge in [0.05, 0.1) is 19.6 Å². The molecule has 0 aliphatic heterocycles.